The second kappa shape index (κ2) is 16.8. The Morgan fingerprint density at radius 2 is 1.51 bits per heavy atom. The summed E-state index contributed by atoms with van der Waals surface area (Å²) in [6.45, 7) is 10.1. The summed E-state index contributed by atoms with van der Waals surface area (Å²) >= 11 is 0. The fourth-order valence-electron chi connectivity index (χ4n) is 6.38. The molecule has 3 aromatic heterocycles. The van der Waals surface area contributed by atoms with E-state index in [0.717, 1.165) is 38.2 Å². The zero-order valence-corrected chi connectivity index (χ0v) is 35.3. The van der Waals surface area contributed by atoms with Crippen molar-refractivity contribution in [3.8, 4) is 33.6 Å². The average molecular weight is 920 g/mol. The molecule has 0 aliphatic carbocycles. The second-order valence-electron chi connectivity index (χ2n) is 15.4. The number of hydrogen-bond acceptors (Lipinski definition) is 3. The number of aromatic nitrogens is 2. The summed E-state index contributed by atoms with van der Waals surface area (Å²) in [5.74, 6) is 0. The maximum absolute atomic E-state index is 8.88. The maximum Gasteiger partial charge on any atom is 0.121 e. The molecule has 0 spiro atoms. The van der Waals surface area contributed by atoms with E-state index in [0.29, 0.717) is 39.2 Å². The van der Waals surface area contributed by atoms with Gasteiger partial charge >= 0.3 is 0 Å². The molecule has 1 radical (unpaired) electrons. The molecular formula is C50H48IrN2OSi-2. The first-order valence-corrected chi connectivity index (χ1v) is 21.6. The van der Waals surface area contributed by atoms with Crippen LogP contribution in [0, 0.1) is 24.4 Å². The molecule has 0 fully saturated rings. The van der Waals surface area contributed by atoms with Gasteiger partial charge in [0.15, 0.2) is 0 Å². The average Bonchev–Trinajstić information content (AvgIpc) is 3.62. The van der Waals surface area contributed by atoms with Gasteiger partial charge in [0.2, 0.25) is 0 Å². The Kier molecular flexibility index (Phi) is 9.58. The third-order valence-electron chi connectivity index (χ3n) is 8.93. The van der Waals surface area contributed by atoms with Crippen molar-refractivity contribution < 1.29 is 34.1 Å². The van der Waals surface area contributed by atoms with Crippen LogP contribution in [0.2, 0.25) is 19.6 Å². The van der Waals surface area contributed by atoms with Gasteiger partial charge in [-0.15, -0.1) is 53.6 Å². The van der Waals surface area contributed by atoms with E-state index >= 15 is 0 Å². The smallest absolute Gasteiger partial charge is 0.121 e. The summed E-state index contributed by atoms with van der Waals surface area (Å²) in [5.41, 5.74) is 7.87. The third kappa shape index (κ3) is 9.66. The molecule has 5 heteroatoms. The summed E-state index contributed by atoms with van der Waals surface area (Å²) < 4.78 is 63.9. The molecule has 0 N–H and O–H groups in total. The van der Waals surface area contributed by atoms with Crippen LogP contribution in [0.3, 0.4) is 0 Å². The van der Waals surface area contributed by atoms with Crippen LogP contribution in [0.5, 0.6) is 0 Å². The molecular weight excluding hydrogens is 865 g/mol. The quantitative estimate of drug-likeness (QED) is 0.118. The van der Waals surface area contributed by atoms with Crippen LogP contribution in [0.1, 0.15) is 52.6 Å². The van der Waals surface area contributed by atoms with E-state index in [9.17, 15) is 0 Å². The van der Waals surface area contributed by atoms with E-state index in [-0.39, 0.29) is 25.7 Å². The fourth-order valence-corrected chi connectivity index (χ4v) is 7.78. The van der Waals surface area contributed by atoms with E-state index in [1.807, 2.05) is 75.4 Å². The molecule has 0 atom stereocenters. The molecule has 55 heavy (non-hydrogen) atoms. The summed E-state index contributed by atoms with van der Waals surface area (Å²) in [6.07, 6.45) is 0.268. The topological polar surface area (TPSA) is 38.9 Å². The number of rotatable bonds is 7. The Morgan fingerprint density at radius 3 is 2.20 bits per heavy atom. The number of aryl methyl sites for hydroxylation is 1. The van der Waals surface area contributed by atoms with Crippen LogP contribution in [-0.2, 0) is 32.9 Å². The first kappa shape index (κ1) is 31.3. The zero-order valence-electron chi connectivity index (χ0n) is 38.9. The Hall–Kier alpha value is -4.93. The molecule has 0 aliphatic rings. The largest absolute Gasteiger partial charge is 0.501 e. The Balaban J connectivity index is 0.000000205. The van der Waals surface area contributed by atoms with E-state index in [1.54, 1.807) is 48.8 Å². The predicted octanol–water partition coefficient (Wildman–Crippen LogP) is 12.7. The van der Waals surface area contributed by atoms with Crippen LogP contribution in [-0.4, -0.2) is 18.0 Å². The summed E-state index contributed by atoms with van der Waals surface area (Å²) in [4.78, 5) is 9.10. The Labute approximate surface area is 351 Å². The van der Waals surface area contributed by atoms with Crippen LogP contribution in [0.15, 0.2) is 144 Å². The number of fused-ring (bicyclic) bond motifs is 3. The number of pyridine rings is 2. The molecule has 8 aromatic rings. The van der Waals surface area contributed by atoms with Gasteiger partial charge in [0, 0.05) is 47.5 Å². The van der Waals surface area contributed by atoms with Crippen LogP contribution >= 0.6 is 0 Å². The molecule has 5 aromatic carbocycles. The van der Waals surface area contributed by atoms with Crippen molar-refractivity contribution in [1.29, 1.82) is 0 Å². The monoisotopic (exact) mass is 920 g/mol. The molecule has 279 valence electrons. The third-order valence-corrected chi connectivity index (χ3v) is 10.9. The molecule has 0 bridgehead atoms. The van der Waals surface area contributed by atoms with Crippen molar-refractivity contribution in [2.24, 2.45) is 5.41 Å². The van der Waals surface area contributed by atoms with Gasteiger partial charge in [0.25, 0.3) is 0 Å². The normalized spacial score (nSPS) is 14.2. The molecule has 3 nitrogen and oxygen atoms in total. The van der Waals surface area contributed by atoms with Crippen molar-refractivity contribution in [3.05, 3.63) is 174 Å². The van der Waals surface area contributed by atoms with E-state index in [2.05, 4.69) is 72.1 Å². The maximum atomic E-state index is 8.88. The minimum atomic E-state index is -2.18. The number of hydrogen-bond donors (Lipinski definition) is 0. The van der Waals surface area contributed by atoms with Crippen LogP contribution < -0.4 is 5.19 Å². The van der Waals surface area contributed by atoms with Gasteiger partial charge in [-0.25, -0.2) is 0 Å². The van der Waals surface area contributed by atoms with E-state index < -0.39 is 33.1 Å². The van der Waals surface area contributed by atoms with Gasteiger partial charge in [0.1, 0.15) is 5.58 Å². The van der Waals surface area contributed by atoms with Crippen molar-refractivity contribution >= 4 is 35.2 Å². The molecule has 0 saturated carbocycles. The first-order valence-electron chi connectivity index (χ1n) is 21.6. The van der Waals surface area contributed by atoms with Gasteiger partial charge in [-0.3, -0.25) is 0 Å². The van der Waals surface area contributed by atoms with Crippen LogP contribution in [0.4, 0.5) is 0 Å². The Morgan fingerprint density at radius 1 is 0.745 bits per heavy atom. The molecule has 0 saturated heterocycles. The second-order valence-corrected chi connectivity index (χ2v) is 20.5. The van der Waals surface area contributed by atoms with Crippen LogP contribution in [0.25, 0.3) is 55.6 Å². The first-order chi connectivity index (χ1) is 28.7. The van der Waals surface area contributed by atoms with Gasteiger partial charge in [-0.2, -0.15) is 0 Å². The fraction of sp³-hybridized carbons (Fsp3) is 0.200. The molecule has 8 rings (SSSR count). The Bertz CT molecular complexity index is 2810. The van der Waals surface area contributed by atoms with Crippen molar-refractivity contribution in [3.63, 3.8) is 0 Å². The minimum absolute atomic E-state index is 0. The predicted molar refractivity (Wildman–Crippen MR) is 230 cm³/mol. The number of nitrogens with zero attached hydrogens (tertiary/aromatic N) is 2. The van der Waals surface area contributed by atoms with Crippen molar-refractivity contribution in [2.75, 3.05) is 0 Å². The van der Waals surface area contributed by atoms with Crippen molar-refractivity contribution in [1.82, 2.24) is 9.97 Å². The van der Waals surface area contributed by atoms with E-state index in [1.165, 1.54) is 6.07 Å². The molecule has 0 unspecified atom stereocenters. The summed E-state index contributed by atoms with van der Waals surface area (Å²) in [5, 5.41) is 3.00. The molecule has 0 amide bonds. The van der Waals surface area contributed by atoms with Gasteiger partial charge in [0.05, 0.1) is 13.7 Å². The minimum Gasteiger partial charge on any atom is -0.501 e. The van der Waals surface area contributed by atoms with Gasteiger partial charge in [-0.1, -0.05) is 154 Å². The van der Waals surface area contributed by atoms with Crippen molar-refractivity contribution in [2.45, 2.75) is 60.0 Å². The van der Waals surface area contributed by atoms with Gasteiger partial charge < -0.3 is 14.4 Å². The molecule has 0 aliphatic heterocycles. The van der Waals surface area contributed by atoms with E-state index in [4.69, 9.17) is 14.0 Å². The summed E-state index contributed by atoms with van der Waals surface area (Å²) in [6, 6.07) is 45.9. The summed E-state index contributed by atoms with van der Waals surface area (Å²) in [7, 11) is -1.87. The molecule has 3 heterocycles. The zero-order chi connectivity index (χ0) is 44.0. The SMILES string of the molecule is [2H]C([2H])([2H])c1c[c-]c(-c2cc(C([2H])([2H])c3ccccc3)c([Si](C)(C)C)cn2)cc1.[2H]C([2H])(c1ccnc(-c2[c-]ccc3c2oc2cc(-c4ccccc4)ccc23)c1)C(C)(C)C.[Ir]. The number of furan rings is 1. The standard InChI is InChI=1S/C28H24NO.C22H24NSi.Ir/c1-28(2,3)18-19-14-15-29-25(16-19)24-11-7-10-23-22-13-12-21(17-26(22)30-27(23)24)20-8-5-4-6-9-20;1-17-10-12-19(13-11-17)21-15-20(14-18-8-6-5-7-9-18)22(16-23-21)24(2,3)4;/h4-10,12-17H,18H2,1-3H3;5-12,15-16H,14H2,1-4H3;/q2*-1;/i18D2;1D3,14D2;. The number of benzene rings is 5. The van der Waals surface area contributed by atoms with Gasteiger partial charge in [-0.05, 0) is 63.6 Å².